The summed E-state index contributed by atoms with van der Waals surface area (Å²) in [5.41, 5.74) is 28.0. The fourth-order valence-corrected chi connectivity index (χ4v) is 10.7. The van der Waals surface area contributed by atoms with Crippen LogP contribution < -0.4 is 55.3 Å². The van der Waals surface area contributed by atoms with Crippen LogP contribution in [0.3, 0.4) is 0 Å². The lowest BCUT2D eigenvalue weighted by atomic mass is 9.96. The van der Waals surface area contributed by atoms with Gasteiger partial charge in [-0.15, -0.1) is 22.7 Å². The number of rotatable bonds is 31. The number of aldehydes is 1. The molecule has 0 saturated carbocycles. The van der Waals surface area contributed by atoms with Gasteiger partial charge in [0.25, 0.3) is 5.91 Å². The Balaban J connectivity index is 1.31. The maximum absolute atomic E-state index is 15.1. The van der Waals surface area contributed by atoms with E-state index in [0.717, 1.165) is 12.5 Å². The molecule has 0 spiro atoms. The van der Waals surface area contributed by atoms with Gasteiger partial charge in [-0.25, -0.2) is 29.7 Å². The number of aromatic nitrogens is 6. The number of anilines is 1. The van der Waals surface area contributed by atoms with Crippen molar-refractivity contribution >= 4 is 76.3 Å². The molecule has 0 bridgehead atoms. The number of primary amides is 3. The van der Waals surface area contributed by atoms with Crippen LogP contribution in [-0.2, 0) is 54.1 Å². The van der Waals surface area contributed by atoms with E-state index in [1.165, 1.54) is 50.4 Å². The van der Waals surface area contributed by atoms with E-state index in [2.05, 4.69) is 56.5 Å². The highest BCUT2D eigenvalue weighted by molar-refractivity contribution is 7.14. The third-order valence-corrected chi connectivity index (χ3v) is 16.0. The van der Waals surface area contributed by atoms with E-state index in [9.17, 15) is 74.4 Å². The van der Waals surface area contributed by atoms with Gasteiger partial charge in [0.15, 0.2) is 25.0 Å². The molecular weight excluding hydrogens is 1220 g/mol. The molecule has 4 aromatic heterocycles. The number of ether oxygens (including phenoxy) is 5. The Morgan fingerprint density at radius 1 is 0.820 bits per heavy atom. The number of imidazole rings is 1. The molecule has 37 nitrogen and oxygen atoms in total. The standard InChI is InChI=1S/C50H72N16O21S2/c1-16-29(63-42(66-40(16)53)22(7-27(52)71)58-8-21(51)41(54)77)45(80)65-31(37(23-9-56-15-59-23)85-49-39(35(75)33(73)25(11-68)84-49)86-48-36(76)38(87-50(55)82)34(74)26(12-69)83-48)46(81)60-18(3)32(72)17(2)43(78)64-30(19(4)70)44(79)57-6-5-28-62-24(14-88-28)47-61-20(10-67)13-89-47/h9-10,13-15,17-19,21-22,25-26,30-39,48-49,58,68-70,72-76H,5-8,11-12,51H2,1-4H3,(H2,52,71)(H2,54,77)(H2,55,82)(H,56,59)(H,57,79)(H,60,81)(H,64,78)(H,65,80)(H2,53,63,66)/t17-,18-,19+,21-,22-,25-,26+,30-,31-,32-,33+,34+,35+,36-,37-,38-,39-,48+,49-/m0/s1. The van der Waals surface area contributed by atoms with Gasteiger partial charge < -0.3 is 125 Å². The Morgan fingerprint density at radius 3 is 2.11 bits per heavy atom. The van der Waals surface area contributed by atoms with Gasteiger partial charge in [-0.3, -0.25) is 33.6 Å². The van der Waals surface area contributed by atoms with Crippen molar-refractivity contribution in [2.24, 2.45) is 28.9 Å². The van der Waals surface area contributed by atoms with Crippen LogP contribution in [0.4, 0.5) is 10.6 Å². The summed E-state index contributed by atoms with van der Waals surface area (Å²) >= 11 is 2.50. The SMILES string of the molecule is Cc1c(N)nc([C@H](CC(N)=O)NC[C@H](N)C(N)=O)nc1C(=O)N[C@H](C(=O)N[C@@H](C)[C@@H](O)[C@H](C)C(=O)N[C@H](C(=O)NCCc1nc(-c2nc(C=O)cs2)cs1)[C@@H](C)O)[C@@H](O[C@@H]1O[C@@H](CO)[C@@H](O)[C@@H](O)[C@@H]1O[C@H]1O[C@H](CO)[C@@H](O)[C@H](OC(N)=O)[C@@H]1O)c1cnc[nH]1. The number of carbonyl (C=O) groups excluding carboxylic acids is 8. The van der Waals surface area contributed by atoms with Gasteiger partial charge in [-0.05, 0) is 20.8 Å². The molecule has 2 fully saturated rings. The van der Waals surface area contributed by atoms with Crippen molar-refractivity contribution in [1.29, 1.82) is 0 Å². The van der Waals surface area contributed by atoms with Crippen molar-refractivity contribution in [2.45, 2.75) is 150 Å². The summed E-state index contributed by atoms with van der Waals surface area (Å²) in [7, 11) is 0. The molecule has 2 aliphatic heterocycles. The molecule has 39 heteroatoms. The van der Waals surface area contributed by atoms with Crippen LogP contribution in [-0.4, -0.2) is 243 Å². The monoisotopic (exact) mass is 1300 g/mol. The van der Waals surface area contributed by atoms with Crippen molar-refractivity contribution in [2.75, 3.05) is 32.0 Å². The normalized spacial score (nSPS) is 24.9. The first-order valence-corrected chi connectivity index (χ1v) is 29.0. The van der Waals surface area contributed by atoms with Crippen LogP contribution in [0.2, 0.25) is 0 Å². The number of hydrogen-bond acceptors (Lipinski definition) is 31. The molecule has 2 saturated heterocycles. The molecule has 6 rings (SSSR count). The molecule has 4 aromatic rings. The number of nitrogens with zero attached hydrogens (tertiary/aromatic N) is 5. The van der Waals surface area contributed by atoms with Gasteiger partial charge in [0.2, 0.25) is 29.5 Å². The van der Waals surface area contributed by atoms with Crippen LogP contribution in [0.1, 0.15) is 82.4 Å². The number of carbonyl (C=O) groups is 8. The molecule has 7 amide bonds. The van der Waals surface area contributed by atoms with E-state index in [-0.39, 0.29) is 48.1 Å². The summed E-state index contributed by atoms with van der Waals surface area (Å²) in [5, 5.41) is 105. The van der Waals surface area contributed by atoms with Crippen molar-refractivity contribution in [1.82, 2.24) is 56.5 Å². The first-order valence-electron chi connectivity index (χ1n) is 27.2. The lowest BCUT2D eigenvalue weighted by Crippen LogP contribution is -2.65. The van der Waals surface area contributed by atoms with E-state index in [0.29, 0.717) is 22.0 Å². The molecule has 0 aromatic carbocycles. The van der Waals surface area contributed by atoms with Crippen LogP contribution in [0.25, 0.3) is 10.7 Å². The number of aliphatic hydroxyl groups excluding tert-OH is 8. The highest BCUT2D eigenvalue weighted by atomic mass is 32.1. The number of nitrogens with two attached hydrogens (primary N) is 5. The average Bonchev–Trinajstić information content (AvgIpc) is 2.75. The van der Waals surface area contributed by atoms with Gasteiger partial charge >= 0.3 is 6.09 Å². The van der Waals surface area contributed by atoms with Crippen molar-refractivity contribution < 1.29 is 103 Å². The van der Waals surface area contributed by atoms with Crippen LogP contribution in [0.5, 0.6) is 0 Å². The maximum Gasteiger partial charge on any atom is 0.404 e. The lowest BCUT2D eigenvalue weighted by molar-refractivity contribution is -0.372. The number of thiazole rings is 2. The Hall–Kier alpha value is -7.45. The third-order valence-electron chi connectivity index (χ3n) is 14.2. The van der Waals surface area contributed by atoms with Gasteiger partial charge in [-0.1, -0.05) is 6.92 Å². The third kappa shape index (κ3) is 17.9. The number of hydrogen-bond donors (Lipinski definition) is 19. The van der Waals surface area contributed by atoms with Crippen molar-refractivity contribution in [3.63, 3.8) is 0 Å². The zero-order valence-electron chi connectivity index (χ0n) is 47.9. The number of aromatic amines is 1. The van der Waals surface area contributed by atoms with Crippen molar-refractivity contribution in [3.8, 4) is 10.7 Å². The molecule has 2 aliphatic rings. The molecule has 24 N–H and O–H groups in total. The van der Waals surface area contributed by atoms with Crippen LogP contribution in [0, 0.1) is 12.8 Å². The highest BCUT2D eigenvalue weighted by Gasteiger charge is 2.54. The van der Waals surface area contributed by atoms with Crippen LogP contribution >= 0.6 is 22.7 Å². The van der Waals surface area contributed by atoms with Crippen LogP contribution in [0.15, 0.2) is 23.3 Å². The van der Waals surface area contributed by atoms with E-state index >= 15 is 4.79 Å². The maximum atomic E-state index is 15.1. The van der Waals surface area contributed by atoms with Gasteiger partial charge in [-0.2, -0.15) is 0 Å². The molecule has 6 heterocycles. The number of amides is 7. The zero-order chi connectivity index (χ0) is 65.7. The topological polar surface area (TPSA) is 615 Å². The summed E-state index contributed by atoms with van der Waals surface area (Å²) < 4.78 is 28.7. The lowest BCUT2D eigenvalue weighted by Gasteiger charge is -2.47. The first kappa shape index (κ1) is 70.6. The molecule has 490 valence electrons. The summed E-state index contributed by atoms with van der Waals surface area (Å²) in [5.74, 6) is -8.37. The van der Waals surface area contributed by atoms with E-state index in [1.54, 1.807) is 10.8 Å². The quantitative estimate of drug-likeness (QED) is 0.0208. The number of aliphatic hydroxyl groups is 8. The zero-order valence-corrected chi connectivity index (χ0v) is 49.6. The van der Waals surface area contributed by atoms with Crippen molar-refractivity contribution in [3.05, 3.63) is 56.8 Å². The second kappa shape index (κ2) is 31.8. The summed E-state index contributed by atoms with van der Waals surface area (Å²) in [4.78, 5) is 128. The van der Waals surface area contributed by atoms with E-state index in [4.69, 9.17) is 52.4 Å². The minimum absolute atomic E-state index is 0.00393. The van der Waals surface area contributed by atoms with E-state index in [1.807, 2.05) is 0 Å². The van der Waals surface area contributed by atoms with Gasteiger partial charge in [0.1, 0.15) is 94.6 Å². The second-order valence-corrected chi connectivity index (χ2v) is 22.5. The minimum atomic E-state index is -2.19. The Bertz CT molecular complexity index is 3090. The Labute approximate surface area is 512 Å². The molecule has 0 aliphatic carbocycles. The number of H-pyrrole nitrogens is 1. The molecule has 0 radical (unpaired) electrons. The predicted octanol–water partition coefficient (Wildman–Crippen LogP) is -7.89. The second-order valence-electron chi connectivity index (χ2n) is 20.7. The number of nitrogen functional groups attached to an aromatic ring is 1. The summed E-state index contributed by atoms with van der Waals surface area (Å²) in [6.45, 7) is 2.65. The molecule has 0 unspecified atom stereocenters. The summed E-state index contributed by atoms with van der Waals surface area (Å²) in [6.07, 6.45) is -24.4. The Morgan fingerprint density at radius 2 is 1.51 bits per heavy atom. The fourth-order valence-electron chi connectivity index (χ4n) is 9.11. The largest absolute Gasteiger partial charge is 0.441 e. The van der Waals surface area contributed by atoms with Gasteiger partial charge in [0, 0.05) is 42.3 Å². The molecule has 89 heavy (non-hydrogen) atoms. The summed E-state index contributed by atoms with van der Waals surface area (Å²) in [6, 6.07) is -7.82. The van der Waals surface area contributed by atoms with E-state index < -0.39 is 183 Å². The highest BCUT2D eigenvalue weighted by Crippen LogP contribution is 2.35. The fraction of sp³-hybridized carbons (Fsp3) is 0.580. The van der Waals surface area contributed by atoms with Gasteiger partial charge in [0.05, 0.1) is 72.7 Å². The minimum Gasteiger partial charge on any atom is -0.441 e. The predicted molar refractivity (Wildman–Crippen MR) is 303 cm³/mol. The molecule has 19 atom stereocenters. The first-order chi connectivity index (χ1) is 42.1. The Kier molecular flexibility index (Phi) is 25.3. The smallest absolute Gasteiger partial charge is 0.404 e. The molecular formula is C50H72N16O21S2. The average molecular weight is 1300 g/mol. The number of nitrogens with one attached hydrogen (secondary N) is 6.